The summed E-state index contributed by atoms with van der Waals surface area (Å²) in [6.45, 7) is 1.58. The monoisotopic (exact) mass is 447 g/mol. The second-order valence-corrected chi connectivity index (χ2v) is 8.69. The van der Waals surface area contributed by atoms with Crippen LogP contribution in [0.5, 0.6) is 11.5 Å². The molecule has 0 saturated heterocycles. The standard InChI is InChI=1S/C30H25NO3/c32-22-9-12-24-21(17-22)8-11-25-27-7-4-14-31-30(27)28-18-23(10-13-26(28)29(24)25)34-16-15-33-19-20-5-2-1-3-6-20/h1-7,9-10,12-14,17-18,32H,8,11,15-16,19H2. The molecule has 1 aliphatic rings. The van der Waals surface area contributed by atoms with E-state index in [0.29, 0.717) is 25.6 Å². The van der Waals surface area contributed by atoms with E-state index in [-0.39, 0.29) is 0 Å². The number of aromatic nitrogens is 1. The maximum atomic E-state index is 10.0. The van der Waals surface area contributed by atoms with Crippen LogP contribution in [-0.4, -0.2) is 23.3 Å². The largest absolute Gasteiger partial charge is 0.508 e. The van der Waals surface area contributed by atoms with Gasteiger partial charge in [0, 0.05) is 17.0 Å². The summed E-state index contributed by atoms with van der Waals surface area (Å²) in [4.78, 5) is 4.75. The fourth-order valence-electron chi connectivity index (χ4n) is 5.03. The van der Waals surface area contributed by atoms with Crippen molar-refractivity contribution in [3.05, 3.63) is 102 Å². The molecule has 4 aromatic carbocycles. The maximum Gasteiger partial charge on any atom is 0.120 e. The van der Waals surface area contributed by atoms with Crippen molar-refractivity contribution in [2.24, 2.45) is 0 Å². The van der Waals surface area contributed by atoms with E-state index in [1.165, 1.54) is 33.0 Å². The van der Waals surface area contributed by atoms with E-state index >= 15 is 0 Å². The summed E-state index contributed by atoms with van der Waals surface area (Å²) < 4.78 is 11.8. The first-order valence-corrected chi connectivity index (χ1v) is 11.7. The predicted octanol–water partition coefficient (Wildman–Crippen LogP) is 6.45. The SMILES string of the molecule is Oc1ccc2c(c1)CCc1c-2c2ccc(OCCOCc3ccccc3)cc2c2ncccc12. The molecule has 4 nitrogen and oxygen atoms in total. The molecule has 0 amide bonds. The van der Waals surface area contributed by atoms with E-state index in [1.807, 2.05) is 48.7 Å². The van der Waals surface area contributed by atoms with E-state index < -0.39 is 0 Å². The number of rotatable bonds is 6. The molecule has 0 saturated carbocycles. The molecule has 1 aliphatic carbocycles. The number of fused-ring (bicyclic) bond motifs is 8. The Hall–Kier alpha value is -3.89. The Bertz CT molecular complexity index is 1490. The van der Waals surface area contributed by atoms with Crippen molar-refractivity contribution in [3.8, 4) is 22.6 Å². The van der Waals surface area contributed by atoms with Crippen LogP contribution in [0.2, 0.25) is 0 Å². The van der Waals surface area contributed by atoms with Gasteiger partial charge in [0.1, 0.15) is 18.1 Å². The average Bonchev–Trinajstić information content (AvgIpc) is 2.88. The molecule has 0 bridgehead atoms. The first-order chi connectivity index (χ1) is 16.8. The number of ether oxygens (including phenoxy) is 2. The zero-order valence-corrected chi connectivity index (χ0v) is 18.8. The van der Waals surface area contributed by atoms with E-state index in [4.69, 9.17) is 14.5 Å². The Morgan fingerprint density at radius 2 is 1.71 bits per heavy atom. The van der Waals surface area contributed by atoms with Gasteiger partial charge >= 0.3 is 0 Å². The lowest BCUT2D eigenvalue weighted by molar-refractivity contribution is 0.0890. The summed E-state index contributed by atoms with van der Waals surface area (Å²) in [5, 5.41) is 13.4. The van der Waals surface area contributed by atoms with Crippen molar-refractivity contribution >= 4 is 21.7 Å². The highest BCUT2D eigenvalue weighted by atomic mass is 16.5. The summed E-state index contributed by atoms with van der Waals surface area (Å²) in [5.74, 6) is 1.13. The molecule has 0 radical (unpaired) electrons. The highest BCUT2D eigenvalue weighted by Gasteiger charge is 2.23. The predicted molar refractivity (Wildman–Crippen MR) is 135 cm³/mol. The van der Waals surface area contributed by atoms with Crippen LogP contribution >= 0.6 is 0 Å². The second-order valence-electron chi connectivity index (χ2n) is 8.69. The zero-order chi connectivity index (χ0) is 22.9. The van der Waals surface area contributed by atoms with Gasteiger partial charge in [-0.3, -0.25) is 4.98 Å². The quantitative estimate of drug-likeness (QED) is 0.240. The molecule has 4 heteroatoms. The summed E-state index contributed by atoms with van der Waals surface area (Å²) in [6.07, 6.45) is 3.70. The number of hydrogen-bond acceptors (Lipinski definition) is 4. The van der Waals surface area contributed by atoms with Gasteiger partial charge in [0.2, 0.25) is 0 Å². The molecule has 6 rings (SSSR count). The van der Waals surface area contributed by atoms with Gasteiger partial charge in [-0.15, -0.1) is 0 Å². The summed E-state index contributed by atoms with van der Waals surface area (Å²) in [6, 6.07) is 26.3. The van der Waals surface area contributed by atoms with Crippen molar-refractivity contribution in [1.29, 1.82) is 0 Å². The fraction of sp³-hybridized carbons (Fsp3) is 0.167. The number of nitrogens with zero attached hydrogens (tertiary/aromatic N) is 1. The lowest BCUT2D eigenvalue weighted by Crippen LogP contribution is -2.07. The average molecular weight is 448 g/mol. The van der Waals surface area contributed by atoms with Gasteiger partial charge in [-0.1, -0.05) is 42.5 Å². The van der Waals surface area contributed by atoms with Gasteiger partial charge in [-0.2, -0.15) is 0 Å². The third kappa shape index (κ3) is 3.76. The van der Waals surface area contributed by atoms with Crippen LogP contribution in [0.15, 0.2) is 85.1 Å². The smallest absolute Gasteiger partial charge is 0.120 e. The maximum absolute atomic E-state index is 10.0. The van der Waals surface area contributed by atoms with Crippen LogP contribution in [0.25, 0.3) is 32.8 Å². The Labute approximate surface area is 198 Å². The molecule has 34 heavy (non-hydrogen) atoms. The van der Waals surface area contributed by atoms with Gasteiger partial charge in [0.05, 0.1) is 18.7 Å². The highest BCUT2D eigenvalue weighted by Crippen LogP contribution is 2.44. The van der Waals surface area contributed by atoms with Crippen molar-refractivity contribution in [3.63, 3.8) is 0 Å². The Kier molecular flexibility index (Phi) is 5.36. The minimum atomic E-state index is 0.319. The molecule has 5 aromatic rings. The lowest BCUT2D eigenvalue weighted by Gasteiger charge is -2.24. The van der Waals surface area contributed by atoms with Gasteiger partial charge < -0.3 is 14.6 Å². The summed E-state index contributed by atoms with van der Waals surface area (Å²) in [7, 11) is 0. The van der Waals surface area contributed by atoms with Crippen molar-refractivity contribution in [2.45, 2.75) is 19.4 Å². The highest BCUT2D eigenvalue weighted by molar-refractivity contribution is 6.15. The van der Waals surface area contributed by atoms with Gasteiger partial charge in [-0.05, 0) is 82.4 Å². The van der Waals surface area contributed by atoms with Gasteiger partial charge in [0.25, 0.3) is 0 Å². The number of phenols is 1. The second kappa shape index (κ2) is 8.81. The van der Waals surface area contributed by atoms with E-state index in [2.05, 4.69) is 30.3 Å². The van der Waals surface area contributed by atoms with Gasteiger partial charge in [-0.25, -0.2) is 0 Å². The van der Waals surface area contributed by atoms with Crippen molar-refractivity contribution in [1.82, 2.24) is 4.98 Å². The molecule has 0 unspecified atom stereocenters. The molecule has 1 aromatic heterocycles. The number of pyridine rings is 1. The number of aromatic hydroxyl groups is 1. The van der Waals surface area contributed by atoms with E-state index in [1.54, 1.807) is 6.07 Å². The Morgan fingerprint density at radius 1 is 0.794 bits per heavy atom. The molecule has 0 spiro atoms. The van der Waals surface area contributed by atoms with Crippen LogP contribution < -0.4 is 4.74 Å². The van der Waals surface area contributed by atoms with E-state index in [9.17, 15) is 5.11 Å². The number of hydrogen-bond donors (Lipinski definition) is 1. The van der Waals surface area contributed by atoms with Gasteiger partial charge in [0.15, 0.2) is 0 Å². The van der Waals surface area contributed by atoms with Crippen LogP contribution in [-0.2, 0) is 24.2 Å². The van der Waals surface area contributed by atoms with Crippen molar-refractivity contribution < 1.29 is 14.6 Å². The number of phenolic OH excluding ortho intramolecular Hbond substituents is 1. The molecule has 168 valence electrons. The topological polar surface area (TPSA) is 51.6 Å². The minimum Gasteiger partial charge on any atom is -0.508 e. The summed E-state index contributed by atoms with van der Waals surface area (Å²) in [5.41, 5.74) is 7.12. The normalized spacial score (nSPS) is 12.5. The van der Waals surface area contributed by atoms with E-state index in [0.717, 1.165) is 35.1 Å². The zero-order valence-electron chi connectivity index (χ0n) is 18.8. The van der Waals surface area contributed by atoms with Crippen molar-refractivity contribution in [2.75, 3.05) is 13.2 Å². The van der Waals surface area contributed by atoms with Crippen LogP contribution in [0.3, 0.4) is 0 Å². The Balaban J connectivity index is 1.33. The summed E-state index contributed by atoms with van der Waals surface area (Å²) >= 11 is 0. The Morgan fingerprint density at radius 3 is 2.62 bits per heavy atom. The molecular weight excluding hydrogens is 422 g/mol. The van der Waals surface area contributed by atoms with Crippen LogP contribution in [0, 0.1) is 0 Å². The first kappa shape index (κ1) is 20.7. The minimum absolute atomic E-state index is 0.319. The molecule has 0 fully saturated rings. The third-order valence-corrected chi connectivity index (χ3v) is 6.56. The molecule has 1 heterocycles. The van der Waals surface area contributed by atoms with Crippen LogP contribution in [0.4, 0.5) is 0 Å². The van der Waals surface area contributed by atoms with Crippen LogP contribution in [0.1, 0.15) is 16.7 Å². The number of aryl methyl sites for hydroxylation is 2. The first-order valence-electron chi connectivity index (χ1n) is 11.7. The fourth-order valence-corrected chi connectivity index (χ4v) is 5.03. The molecule has 1 N–H and O–H groups in total. The molecular formula is C30H25NO3. The molecule has 0 atom stereocenters. The molecule has 0 aliphatic heterocycles. The third-order valence-electron chi connectivity index (χ3n) is 6.56. The lowest BCUT2D eigenvalue weighted by atomic mass is 9.80. The number of benzene rings is 4.